The molecule has 5 atom stereocenters. The summed E-state index contributed by atoms with van der Waals surface area (Å²) in [7, 11) is 0. The zero-order chi connectivity index (χ0) is 15.2. The monoisotopic (exact) mass is 337 g/mol. The summed E-state index contributed by atoms with van der Waals surface area (Å²) >= 11 is 11.4. The van der Waals surface area contributed by atoms with Crippen LogP contribution in [0.4, 0.5) is 5.95 Å². The highest BCUT2D eigenvalue weighted by Crippen LogP contribution is 2.37. The Balaban J connectivity index is 1.83. The maximum Gasteiger partial charge on any atom is 0.228 e. The maximum absolute atomic E-state index is 10.2. The third kappa shape index (κ3) is 2.55. The molecule has 11 heteroatoms. The second-order valence-electron chi connectivity index (χ2n) is 4.87. The molecular formula is C10H13Cl2N5O4. The van der Waals surface area contributed by atoms with E-state index in [0.717, 1.165) is 0 Å². The summed E-state index contributed by atoms with van der Waals surface area (Å²) in [6.45, 7) is 0.112. The van der Waals surface area contributed by atoms with Crippen LogP contribution < -0.4 is 11.1 Å². The first-order chi connectivity index (χ1) is 9.95. The molecule has 116 valence electrons. The van der Waals surface area contributed by atoms with E-state index in [1.54, 1.807) is 0 Å². The zero-order valence-corrected chi connectivity index (χ0v) is 12.1. The highest BCUT2D eigenvalue weighted by molar-refractivity contribution is 6.31. The number of anilines is 1. The van der Waals surface area contributed by atoms with E-state index in [-0.39, 0.29) is 29.7 Å². The van der Waals surface area contributed by atoms with Gasteiger partial charge in [0.25, 0.3) is 0 Å². The fourth-order valence-corrected chi connectivity index (χ4v) is 2.81. The van der Waals surface area contributed by atoms with Crippen LogP contribution in [0.3, 0.4) is 0 Å². The Morgan fingerprint density at radius 1 is 1.29 bits per heavy atom. The van der Waals surface area contributed by atoms with Crippen molar-refractivity contribution in [2.75, 3.05) is 18.5 Å². The molecular weight excluding hydrogens is 325 g/mol. The van der Waals surface area contributed by atoms with Crippen molar-refractivity contribution in [3.63, 3.8) is 0 Å². The van der Waals surface area contributed by atoms with Crippen LogP contribution in [0, 0.1) is 0 Å². The Morgan fingerprint density at radius 2 is 1.95 bits per heavy atom. The number of nitrogens with one attached hydrogen (secondary N) is 1. The van der Waals surface area contributed by atoms with Gasteiger partial charge in [-0.2, -0.15) is 15.0 Å². The Bertz CT molecular complexity index is 532. The number of aromatic nitrogens is 3. The predicted molar refractivity (Wildman–Crippen MR) is 71.9 cm³/mol. The summed E-state index contributed by atoms with van der Waals surface area (Å²) in [5.74, 6) is 0.0376. The number of hydrogen-bond donors (Lipinski definition) is 4. The highest BCUT2D eigenvalue weighted by Gasteiger charge is 2.58. The maximum atomic E-state index is 10.2. The minimum atomic E-state index is -1.22. The average molecular weight is 338 g/mol. The van der Waals surface area contributed by atoms with Gasteiger partial charge < -0.3 is 30.7 Å². The van der Waals surface area contributed by atoms with Gasteiger partial charge in [0.05, 0.1) is 6.61 Å². The van der Waals surface area contributed by atoms with Crippen LogP contribution >= 0.6 is 23.2 Å². The molecule has 0 aromatic carbocycles. The van der Waals surface area contributed by atoms with Gasteiger partial charge >= 0.3 is 0 Å². The summed E-state index contributed by atoms with van der Waals surface area (Å²) in [5, 5.41) is 23.0. The molecule has 3 heterocycles. The molecule has 1 aromatic rings. The first kappa shape index (κ1) is 15.1. The molecule has 2 aliphatic rings. The molecule has 21 heavy (non-hydrogen) atoms. The van der Waals surface area contributed by atoms with Gasteiger partial charge in [-0.25, -0.2) is 0 Å². The van der Waals surface area contributed by atoms with Crippen LogP contribution in [0.5, 0.6) is 0 Å². The molecule has 0 radical (unpaired) electrons. The Labute approximate surface area is 129 Å². The third-order valence-corrected chi connectivity index (χ3v) is 3.93. The average Bonchev–Trinajstić information content (AvgIpc) is 2.83. The van der Waals surface area contributed by atoms with E-state index in [9.17, 15) is 10.2 Å². The van der Waals surface area contributed by atoms with Crippen molar-refractivity contribution in [2.45, 2.75) is 30.1 Å². The zero-order valence-electron chi connectivity index (χ0n) is 10.6. The minimum absolute atomic E-state index is 0.0257. The number of aliphatic hydroxyl groups excluding tert-OH is 2. The lowest BCUT2D eigenvalue weighted by molar-refractivity contribution is -0.211. The van der Waals surface area contributed by atoms with Crippen LogP contribution in [0.1, 0.15) is 0 Å². The number of rotatable bonds is 3. The normalized spacial score (nSPS) is 38.5. The van der Waals surface area contributed by atoms with E-state index in [1.807, 2.05) is 0 Å². The molecule has 1 unspecified atom stereocenters. The number of nitrogens with zero attached hydrogens (tertiary/aromatic N) is 3. The van der Waals surface area contributed by atoms with Gasteiger partial charge in [0.2, 0.25) is 16.5 Å². The SMILES string of the molecule is NC[C@@]12COC(O1)[C@H](Nc1nc(Cl)nc(Cl)n1)[C@@H](O)[C@H]2O. The third-order valence-electron chi connectivity index (χ3n) is 3.59. The second kappa shape index (κ2) is 5.43. The van der Waals surface area contributed by atoms with Crippen molar-refractivity contribution < 1.29 is 19.7 Å². The van der Waals surface area contributed by atoms with Gasteiger partial charge in [-0.3, -0.25) is 0 Å². The molecule has 0 spiro atoms. The molecule has 3 rings (SSSR count). The summed E-state index contributed by atoms with van der Waals surface area (Å²) in [4.78, 5) is 11.3. The highest BCUT2D eigenvalue weighted by atomic mass is 35.5. The second-order valence-corrected chi connectivity index (χ2v) is 5.54. The predicted octanol–water partition coefficient (Wildman–Crippen LogP) is -1.24. The van der Waals surface area contributed by atoms with Gasteiger partial charge in [-0.05, 0) is 23.2 Å². The molecule has 2 aliphatic heterocycles. The topological polar surface area (TPSA) is 136 Å². The largest absolute Gasteiger partial charge is 0.388 e. The molecule has 9 nitrogen and oxygen atoms in total. The summed E-state index contributed by atoms with van der Waals surface area (Å²) in [6, 6.07) is -0.809. The van der Waals surface area contributed by atoms with E-state index in [1.165, 1.54) is 0 Å². The van der Waals surface area contributed by atoms with Gasteiger partial charge in [0, 0.05) is 6.54 Å². The smallest absolute Gasteiger partial charge is 0.228 e. The summed E-state index contributed by atoms with van der Waals surface area (Å²) in [6.07, 6.45) is -3.21. The molecule has 0 aliphatic carbocycles. The standard InChI is InChI=1S/C10H13Cl2N5O4/c11-7-15-8(12)17-9(16-7)14-3-4(18)5(19)10(1-13)2-20-6(3)21-10/h3-6,18-19H,1-2,13H2,(H,14,15,16,17)/t3-,4-,5-,6?,10+/m1/s1. The van der Waals surface area contributed by atoms with Crippen molar-refractivity contribution in [2.24, 2.45) is 5.73 Å². The van der Waals surface area contributed by atoms with E-state index < -0.39 is 30.1 Å². The van der Waals surface area contributed by atoms with Crippen molar-refractivity contribution >= 4 is 29.2 Å². The number of halogens is 2. The van der Waals surface area contributed by atoms with Crippen molar-refractivity contribution in [1.82, 2.24) is 15.0 Å². The van der Waals surface area contributed by atoms with Gasteiger partial charge in [0.15, 0.2) is 6.29 Å². The van der Waals surface area contributed by atoms with Crippen LogP contribution in [0.25, 0.3) is 0 Å². The number of ether oxygens (including phenoxy) is 2. The fourth-order valence-electron chi connectivity index (χ4n) is 2.44. The molecule has 1 aromatic heterocycles. The quantitative estimate of drug-likeness (QED) is 0.534. The van der Waals surface area contributed by atoms with Gasteiger partial charge in [-0.15, -0.1) is 0 Å². The van der Waals surface area contributed by atoms with E-state index >= 15 is 0 Å². The van der Waals surface area contributed by atoms with Crippen LogP contribution in [-0.4, -0.2) is 68.5 Å². The lowest BCUT2D eigenvalue weighted by atomic mass is 9.88. The lowest BCUT2D eigenvalue weighted by Gasteiger charge is -2.42. The van der Waals surface area contributed by atoms with Crippen molar-refractivity contribution in [1.29, 1.82) is 0 Å². The Morgan fingerprint density at radius 3 is 2.57 bits per heavy atom. The molecule has 2 bridgehead atoms. The molecule has 0 amide bonds. The Hall–Kier alpha value is -0.810. The van der Waals surface area contributed by atoms with E-state index in [0.29, 0.717) is 0 Å². The molecule has 0 saturated carbocycles. The fraction of sp³-hybridized carbons (Fsp3) is 0.700. The number of hydrogen-bond acceptors (Lipinski definition) is 9. The van der Waals surface area contributed by atoms with Crippen molar-refractivity contribution in [3.8, 4) is 0 Å². The lowest BCUT2D eigenvalue weighted by Crippen LogP contribution is -2.65. The van der Waals surface area contributed by atoms with Crippen molar-refractivity contribution in [3.05, 3.63) is 10.6 Å². The van der Waals surface area contributed by atoms with Crippen LogP contribution in [0.15, 0.2) is 0 Å². The Kier molecular flexibility index (Phi) is 3.91. The molecule has 2 saturated heterocycles. The summed E-state index contributed by atoms with van der Waals surface area (Å²) in [5.41, 5.74) is 4.50. The van der Waals surface area contributed by atoms with Crippen LogP contribution in [-0.2, 0) is 9.47 Å². The van der Waals surface area contributed by atoms with Gasteiger partial charge in [0.1, 0.15) is 23.9 Å². The van der Waals surface area contributed by atoms with E-state index in [4.69, 9.17) is 38.4 Å². The van der Waals surface area contributed by atoms with E-state index in [2.05, 4.69) is 20.3 Å². The first-order valence-electron chi connectivity index (χ1n) is 6.14. The molecule has 2 fully saturated rings. The molecule has 5 N–H and O–H groups in total. The first-order valence-corrected chi connectivity index (χ1v) is 6.90. The number of fused-ring (bicyclic) bond motifs is 2. The van der Waals surface area contributed by atoms with Crippen LogP contribution in [0.2, 0.25) is 10.6 Å². The minimum Gasteiger partial charge on any atom is -0.388 e. The van der Waals surface area contributed by atoms with Gasteiger partial charge in [-0.1, -0.05) is 0 Å². The summed E-state index contributed by atoms with van der Waals surface area (Å²) < 4.78 is 11.0. The number of aliphatic hydroxyl groups is 2. The number of nitrogens with two attached hydrogens (primary N) is 1.